The zero-order valence-corrected chi connectivity index (χ0v) is 19.0. The highest BCUT2D eigenvalue weighted by molar-refractivity contribution is 7.09. The zero-order valence-electron chi connectivity index (χ0n) is 17.5. The van der Waals surface area contributed by atoms with Crippen molar-refractivity contribution >= 4 is 28.8 Å². The lowest BCUT2D eigenvalue weighted by molar-refractivity contribution is -0.153. The zero-order chi connectivity index (χ0) is 22.8. The molecule has 10 heteroatoms. The highest BCUT2D eigenvalue weighted by Crippen LogP contribution is 2.27. The van der Waals surface area contributed by atoms with Crippen molar-refractivity contribution in [3.05, 3.63) is 44.7 Å². The average molecular weight is 477 g/mol. The topological polar surface area (TPSA) is 52.8 Å². The van der Waals surface area contributed by atoms with Gasteiger partial charge < -0.3 is 14.0 Å². The molecule has 5 nitrogen and oxygen atoms in total. The van der Waals surface area contributed by atoms with E-state index < -0.39 is 18.7 Å². The molecule has 31 heavy (non-hydrogen) atoms. The van der Waals surface area contributed by atoms with Gasteiger partial charge in [0.05, 0.1) is 18.2 Å². The van der Waals surface area contributed by atoms with Gasteiger partial charge >= 0.3 is 6.18 Å². The molecule has 1 aliphatic heterocycles. The Balaban J connectivity index is 1.97. The number of hydrogen-bond acceptors (Lipinski definition) is 4. The number of nitrogens with zero attached hydrogens (tertiary/aromatic N) is 2. The summed E-state index contributed by atoms with van der Waals surface area (Å²) >= 11 is 7.34. The Morgan fingerprint density at radius 2 is 2.10 bits per heavy atom. The van der Waals surface area contributed by atoms with Gasteiger partial charge in [-0.05, 0) is 36.5 Å². The first-order valence-corrected chi connectivity index (χ1v) is 11.0. The van der Waals surface area contributed by atoms with Gasteiger partial charge in [0.25, 0.3) is 5.91 Å². The van der Waals surface area contributed by atoms with E-state index in [0.29, 0.717) is 18.0 Å². The first-order chi connectivity index (χ1) is 14.4. The van der Waals surface area contributed by atoms with Crippen LogP contribution in [0, 0.1) is 0 Å². The Kier molecular flexibility index (Phi) is 7.18. The summed E-state index contributed by atoms with van der Waals surface area (Å²) in [6, 6.07) is 3.87. The molecule has 1 atom stereocenters. The summed E-state index contributed by atoms with van der Waals surface area (Å²) in [5, 5.41) is 0.201. The Bertz CT molecular complexity index is 1000. The van der Waals surface area contributed by atoms with Gasteiger partial charge in [-0.2, -0.15) is 18.2 Å². The van der Waals surface area contributed by atoms with Gasteiger partial charge in [-0.25, -0.2) is 0 Å². The molecule has 170 valence electrons. The molecule has 1 amide bonds. The number of thiazole rings is 1. The summed E-state index contributed by atoms with van der Waals surface area (Å²) in [6.45, 7) is 5.91. The number of alkyl halides is 3. The number of aromatic nitrogens is 1. The van der Waals surface area contributed by atoms with Gasteiger partial charge in [-0.15, -0.1) is 11.3 Å². The minimum Gasteiger partial charge on any atom is -0.483 e. The van der Waals surface area contributed by atoms with Crippen LogP contribution in [0.1, 0.15) is 48.8 Å². The number of amides is 1. The summed E-state index contributed by atoms with van der Waals surface area (Å²) in [5.74, 6) is -0.933. The van der Waals surface area contributed by atoms with Crippen molar-refractivity contribution in [2.24, 2.45) is 4.99 Å². The summed E-state index contributed by atoms with van der Waals surface area (Å²) in [7, 11) is 0. The van der Waals surface area contributed by atoms with Gasteiger partial charge in [0.2, 0.25) is 0 Å². The fourth-order valence-corrected chi connectivity index (χ4v) is 4.28. The van der Waals surface area contributed by atoms with Gasteiger partial charge in [0, 0.05) is 22.7 Å². The van der Waals surface area contributed by atoms with Crippen molar-refractivity contribution in [2.75, 3.05) is 13.2 Å². The monoisotopic (exact) mass is 476 g/mol. The van der Waals surface area contributed by atoms with E-state index in [0.717, 1.165) is 17.7 Å². The van der Waals surface area contributed by atoms with E-state index in [-0.39, 0.29) is 27.9 Å². The van der Waals surface area contributed by atoms with Gasteiger partial charge in [0.1, 0.15) is 5.75 Å². The van der Waals surface area contributed by atoms with Crippen molar-refractivity contribution in [2.45, 2.75) is 57.9 Å². The van der Waals surface area contributed by atoms with E-state index in [4.69, 9.17) is 21.1 Å². The lowest BCUT2D eigenvalue weighted by Gasteiger charge is -2.15. The van der Waals surface area contributed by atoms with E-state index in [2.05, 4.69) is 25.8 Å². The number of rotatable bonds is 5. The van der Waals surface area contributed by atoms with Crippen LogP contribution in [0.15, 0.2) is 29.4 Å². The highest BCUT2D eigenvalue weighted by Gasteiger charge is 2.29. The van der Waals surface area contributed by atoms with Crippen molar-refractivity contribution in [1.29, 1.82) is 0 Å². The van der Waals surface area contributed by atoms with Crippen LogP contribution < -0.4 is 9.54 Å². The van der Waals surface area contributed by atoms with E-state index >= 15 is 0 Å². The molecule has 1 aromatic carbocycles. The molecule has 0 aliphatic carbocycles. The van der Waals surface area contributed by atoms with Crippen molar-refractivity contribution < 1.29 is 27.4 Å². The summed E-state index contributed by atoms with van der Waals surface area (Å²) in [6.07, 6.45) is -0.637. The Hall–Kier alpha value is -1.84. The third kappa shape index (κ3) is 6.57. The molecule has 2 heterocycles. The number of carbonyl (C=O) groups excluding carboxylic acids is 1. The predicted molar refractivity (Wildman–Crippen MR) is 113 cm³/mol. The predicted octanol–water partition coefficient (Wildman–Crippen LogP) is 5.36. The second kappa shape index (κ2) is 9.34. The summed E-state index contributed by atoms with van der Waals surface area (Å²) in [4.78, 5) is 18.6. The maximum atomic E-state index is 12.9. The van der Waals surface area contributed by atoms with E-state index in [1.165, 1.54) is 29.5 Å². The molecule has 0 radical (unpaired) electrons. The quantitative estimate of drug-likeness (QED) is 0.583. The third-order valence-corrected chi connectivity index (χ3v) is 6.33. The van der Waals surface area contributed by atoms with Crippen LogP contribution >= 0.6 is 22.9 Å². The molecular weight excluding hydrogens is 453 g/mol. The maximum absolute atomic E-state index is 12.9. The molecule has 2 aromatic rings. The average Bonchev–Trinajstić information content (AvgIpc) is 3.30. The smallest absolute Gasteiger partial charge is 0.422 e. The summed E-state index contributed by atoms with van der Waals surface area (Å²) < 4.78 is 50.2. The van der Waals surface area contributed by atoms with Gasteiger partial charge in [0.15, 0.2) is 11.4 Å². The number of halogens is 4. The molecule has 1 aromatic heterocycles. The number of ether oxygens (including phenoxy) is 2. The molecular formula is C21H24ClF3N2O3S. The molecule has 1 fully saturated rings. The fourth-order valence-electron chi connectivity index (χ4n) is 3.05. The Labute approximate surface area is 187 Å². The second-order valence-electron chi connectivity index (χ2n) is 8.38. The SMILES string of the molecule is CC(C)(C)c1cn(C[C@H]2CCCO2)c(=NC(=O)c2cc(Cl)ccc2OCC(F)(F)F)s1. The third-order valence-electron chi connectivity index (χ3n) is 4.64. The minimum absolute atomic E-state index is 0.0355. The Morgan fingerprint density at radius 3 is 2.71 bits per heavy atom. The molecule has 0 spiro atoms. The molecule has 3 rings (SSSR count). The van der Waals surface area contributed by atoms with Crippen molar-refractivity contribution in [3.63, 3.8) is 0 Å². The number of benzene rings is 1. The lowest BCUT2D eigenvalue weighted by atomic mass is 9.95. The number of carbonyl (C=O) groups is 1. The van der Waals surface area contributed by atoms with Crippen LogP contribution in [-0.2, 0) is 16.7 Å². The molecule has 1 aliphatic rings. The number of hydrogen-bond donors (Lipinski definition) is 0. The molecule has 0 saturated carbocycles. The lowest BCUT2D eigenvalue weighted by Crippen LogP contribution is -2.24. The first-order valence-electron chi connectivity index (χ1n) is 9.83. The van der Waals surface area contributed by atoms with Crippen LogP contribution in [-0.4, -0.2) is 36.0 Å². The largest absolute Gasteiger partial charge is 0.483 e. The van der Waals surface area contributed by atoms with Crippen LogP contribution in [0.3, 0.4) is 0 Å². The fraction of sp³-hybridized carbons (Fsp3) is 0.524. The van der Waals surface area contributed by atoms with E-state index in [9.17, 15) is 18.0 Å². The standard InChI is InChI=1S/C21H24ClF3N2O3S/c1-20(2,3)17-11-27(10-14-5-4-8-29-14)19(31-17)26-18(28)15-9-13(22)6-7-16(15)30-12-21(23,24)25/h6-7,9,11,14H,4-5,8,10,12H2,1-3H3/t14-/m1/s1. The van der Waals surface area contributed by atoms with E-state index in [1.807, 2.05) is 10.8 Å². The molecule has 0 N–H and O–H groups in total. The highest BCUT2D eigenvalue weighted by atomic mass is 35.5. The van der Waals surface area contributed by atoms with Crippen LogP contribution in [0.25, 0.3) is 0 Å². The molecule has 0 bridgehead atoms. The molecule has 0 unspecified atom stereocenters. The van der Waals surface area contributed by atoms with Crippen molar-refractivity contribution in [3.8, 4) is 5.75 Å². The summed E-state index contributed by atoms with van der Waals surface area (Å²) in [5.41, 5.74) is -0.275. The normalized spacial score (nSPS) is 17.9. The van der Waals surface area contributed by atoms with Gasteiger partial charge in [-0.1, -0.05) is 32.4 Å². The first kappa shape index (κ1) is 23.8. The maximum Gasteiger partial charge on any atom is 0.422 e. The van der Waals surface area contributed by atoms with Crippen LogP contribution in [0.4, 0.5) is 13.2 Å². The second-order valence-corrected chi connectivity index (χ2v) is 9.82. The molecule has 1 saturated heterocycles. The minimum atomic E-state index is -4.53. The van der Waals surface area contributed by atoms with Crippen LogP contribution in [0.5, 0.6) is 5.75 Å². The van der Waals surface area contributed by atoms with Gasteiger partial charge in [-0.3, -0.25) is 4.79 Å². The Morgan fingerprint density at radius 1 is 1.35 bits per heavy atom. The van der Waals surface area contributed by atoms with E-state index in [1.54, 1.807) is 0 Å². The van der Waals surface area contributed by atoms with Crippen molar-refractivity contribution in [1.82, 2.24) is 4.57 Å². The van der Waals surface area contributed by atoms with Crippen LogP contribution in [0.2, 0.25) is 5.02 Å².